The number of imide groups is 1. The zero-order chi connectivity index (χ0) is 25.3. The van der Waals surface area contributed by atoms with Crippen molar-refractivity contribution in [3.8, 4) is 5.75 Å². The summed E-state index contributed by atoms with van der Waals surface area (Å²) in [6.07, 6.45) is -2.39. The molecule has 0 aliphatic heterocycles. The Kier molecular flexibility index (Phi) is 8.92. The Morgan fingerprint density at radius 1 is 1.00 bits per heavy atom. The average molecular weight is 494 g/mol. The van der Waals surface area contributed by atoms with E-state index in [4.69, 9.17) is 14.7 Å². The van der Waals surface area contributed by atoms with Crippen LogP contribution in [0, 0.1) is 0 Å². The van der Waals surface area contributed by atoms with Crippen molar-refractivity contribution < 1.29 is 41.2 Å². The van der Waals surface area contributed by atoms with Crippen molar-refractivity contribution in [2.24, 2.45) is 10.7 Å². The minimum Gasteiger partial charge on any atom is -0.452 e. The van der Waals surface area contributed by atoms with Gasteiger partial charge >= 0.3 is 22.3 Å². The molecule has 0 bridgehead atoms. The van der Waals surface area contributed by atoms with Gasteiger partial charge in [0, 0.05) is 13.2 Å². The number of rotatable bonds is 7. The highest BCUT2D eigenvalue weighted by Crippen LogP contribution is 2.31. The molecule has 2 aromatic rings. The van der Waals surface area contributed by atoms with E-state index in [2.05, 4.69) is 19.8 Å². The van der Waals surface area contributed by atoms with Crippen molar-refractivity contribution in [2.75, 3.05) is 33.3 Å². The van der Waals surface area contributed by atoms with Crippen LogP contribution in [0.5, 0.6) is 5.75 Å². The van der Waals surface area contributed by atoms with Gasteiger partial charge in [0.15, 0.2) is 0 Å². The summed E-state index contributed by atoms with van der Waals surface area (Å²) in [5.74, 6) is -1.45. The van der Waals surface area contributed by atoms with Gasteiger partial charge in [-0.25, -0.2) is 14.6 Å². The molecule has 13 nitrogen and oxygen atoms in total. The van der Waals surface area contributed by atoms with Crippen molar-refractivity contribution in [1.82, 2.24) is 4.90 Å². The van der Waals surface area contributed by atoms with Gasteiger partial charge in [0.05, 0.1) is 25.6 Å². The Labute approximate surface area is 195 Å². The van der Waals surface area contributed by atoms with Crippen LogP contribution in [0.4, 0.5) is 21.0 Å². The van der Waals surface area contributed by atoms with E-state index in [0.717, 1.165) is 20.3 Å². The number of carbonyl (C=O) groups excluding carboxylic acids is 3. The Morgan fingerprint density at radius 2 is 1.62 bits per heavy atom. The molecule has 0 spiro atoms. The number of hydrogen-bond donors (Lipinski definition) is 2. The summed E-state index contributed by atoms with van der Waals surface area (Å²) in [6.45, 7) is -0.296. The van der Waals surface area contributed by atoms with E-state index < -0.39 is 34.2 Å². The average Bonchev–Trinajstić information content (AvgIpc) is 2.81. The monoisotopic (exact) mass is 494 g/mol. The molecule has 0 saturated carbocycles. The Hall–Kier alpha value is -4.17. The van der Waals surface area contributed by atoms with E-state index in [1.165, 1.54) is 43.5 Å². The first-order valence-electron chi connectivity index (χ1n) is 9.35. The van der Waals surface area contributed by atoms with Crippen molar-refractivity contribution >= 4 is 45.5 Å². The van der Waals surface area contributed by atoms with Crippen LogP contribution < -0.4 is 15.2 Å². The Bertz CT molecular complexity index is 1170. The molecular formula is C20H22N4O9S. The predicted molar refractivity (Wildman–Crippen MR) is 119 cm³/mol. The number of ether oxygens (including phenoxy) is 3. The van der Waals surface area contributed by atoms with Crippen LogP contribution in [0.1, 0.15) is 0 Å². The number of nitrogens with one attached hydrogen (secondary N) is 1. The zero-order valence-electron chi connectivity index (χ0n) is 18.4. The quantitative estimate of drug-likeness (QED) is 0.328. The van der Waals surface area contributed by atoms with E-state index in [0.29, 0.717) is 0 Å². The second kappa shape index (κ2) is 11.6. The standard InChI is InChI=1S/C20H22N4O9S/c1-30-12-17(25)22-15-10-9-13(33-34(28,29)14-7-5-4-6-8-14)11-16(15)23-18(21)24(19(26)31-2)20(27)32-3/h4-11H,12H2,1-3H3,(H2,21,23)(H,22,25). The molecule has 182 valence electrons. The fraction of sp³-hybridized carbons (Fsp3) is 0.200. The normalized spacial score (nSPS) is 11.3. The second-order valence-electron chi connectivity index (χ2n) is 6.26. The van der Waals surface area contributed by atoms with Gasteiger partial charge in [-0.15, -0.1) is 4.90 Å². The van der Waals surface area contributed by atoms with Crippen LogP contribution >= 0.6 is 0 Å². The summed E-state index contributed by atoms with van der Waals surface area (Å²) in [6, 6.07) is 11.0. The molecule has 34 heavy (non-hydrogen) atoms. The smallest absolute Gasteiger partial charge is 0.426 e. The fourth-order valence-corrected chi connectivity index (χ4v) is 3.40. The number of anilines is 1. The maximum Gasteiger partial charge on any atom is 0.426 e. The van der Waals surface area contributed by atoms with E-state index in [9.17, 15) is 22.8 Å². The maximum atomic E-state index is 12.5. The summed E-state index contributed by atoms with van der Waals surface area (Å²) in [5.41, 5.74) is 5.70. The number of nitrogens with zero attached hydrogens (tertiary/aromatic N) is 2. The maximum absolute atomic E-state index is 12.5. The number of nitrogens with two attached hydrogens (primary N) is 1. The molecule has 0 aliphatic rings. The van der Waals surface area contributed by atoms with Crippen LogP contribution in [-0.4, -0.2) is 65.3 Å². The minimum atomic E-state index is -4.20. The van der Waals surface area contributed by atoms with E-state index in [1.54, 1.807) is 6.07 Å². The third-order valence-corrected chi connectivity index (χ3v) is 5.20. The number of benzene rings is 2. The Balaban J connectivity index is 2.52. The topological polar surface area (TPSA) is 176 Å². The van der Waals surface area contributed by atoms with Crippen molar-refractivity contribution in [2.45, 2.75) is 4.90 Å². The van der Waals surface area contributed by atoms with Crippen LogP contribution in [-0.2, 0) is 29.1 Å². The van der Waals surface area contributed by atoms with Crippen LogP contribution in [0.15, 0.2) is 58.4 Å². The van der Waals surface area contributed by atoms with Crippen LogP contribution in [0.3, 0.4) is 0 Å². The lowest BCUT2D eigenvalue weighted by atomic mass is 10.2. The number of carbonyl (C=O) groups is 3. The highest BCUT2D eigenvalue weighted by molar-refractivity contribution is 7.87. The molecule has 0 radical (unpaired) electrons. The van der Waals surface area contributed by atoms with Crippen LogP contribution in [0.2, 0.25) is 0 Å². The number of aliphatic imine (C=N–C) groups is 1. The van der Waals surface area contributed by atoms with Gasteiger partial charge in [0.2, 0.25) is 11.9 Å². The second-order valence-corrected chi connectivity index (χ2v) is 7.80. The van der Waals surface area contributed by atoms with Gasteiger partial charge in [0.1, 0.15) is 17.3 Å². The lowest BCUT2D eigenvalue weighted by Crippen LogP contribution is -2.45. The van der Waals surface area contributed by atoms with Gasteiger partial charge < -0.3 is 29.4 Å². The van der Waals surface area contributed by atoms with Gasteiger partial charge in [-0.3, -0.25) is 4.79 Å². The first kappa shape index (κ1) is 26.1. The van der Waals surface area contributed by atoms with Crippen molar-refractivity contribution in [3.05, 3.63) is 48.5 Å². The molecule has 2 aromatic carbocycles. The molecule has 0 saturated heterocycles. The molecule has 0 fully saturated rings. The summed E-state index contributed by atoms with van der Waals surface area (Å²) >= 11 is 0. The zero-order valence-corrected chi connectivity index (χ0v) is 19.2. The highest BCUT2D eigenvalue weighted by atomic mass is 32.2. The van der Waals surface area contributed by atoms with Gasteiger partial charge in [-0.2, -0.15) is 8.42 Å². The lowest BCUT2D eigenvalue weighted by molar-refractivity contribution is -0.119. The third kappa shape index (κ3) is 6.66. The molecule has 3 amide bonds. The molecule has 0 unspecified atom stereocenters. The van der Waals surface area contributed by atoms with Crippen LogP contribution in [0.25, 0.3) is 0 Å². The van der Waals surface area contributed by atoms with Gasteiger partial charge in [-0.05, 0) is 24.3 Å². The summed E-state index contributed by atoms with van der Waals surface area (Å²) in [5, 5.41) is 2.48. The number of guanidine groups is 1. The molecule has 2 rings (SSSR count). The summed E-state index contributed by atoms with van der Waals surface area (Å²) in [7, 11) is -0.878. The third-order valence-electron chi connectivity index (χ3n) is 3.94. The molecule has 0 atom stereocenters. The predicted octanol–water partition coefficient (Wildman–Crippen LogP) is 1.82. The molecule has 0 aliphatic carbocycles. The first-order chi connectivity index (χ1) is 16.1. The highest BCUT2D eigenvalue weighted by Gasteiger charge is 2.28. The SMILES string of the molecule is COCC(=O)Nc1ccc(OS(=O)(=O)c2ccccc2)cc1N=C(N)N(C(=O)OC)C(=O)OC. The first-order valence-corrected chi connectivity index (χ1v) is 10.8. The van der Waals surface area contributed by atoms with Gasteiger partial charge in [-0.1, -0.05) is 18.2 Å². The summed E-state index contributed by atoms with van der Waals surface area (Å²) in [4.78, 5) is 40.1. The Morgan fingerprint density at radius 3 is 2.18 bits per heavy atom. The minimum absolute atomic E-state index is 0.0455. The largest absolute Gasteiger partial charge is 0.452 e. The fourth-order valence-electron chi connectivity index (χ4n) is 2.46. The summed E-state index contributed by atoms with van der Waals surface area (Å²) < 4.78 is 44.0. The molecule has 0 aromatic heterocycles. The number of amides is 3. The van der Waals surface area contributed by atoms with Crippen molar-refractivity contribution in [3.63, 3.8) is 0 Å². The molecule has 14 heteroatoms. The molecule has 0 heterocycles. The molecule has 3 N–H and O–H groups in total. The number of methoxy groups -OCH3 is 3. The van der Waals surface area contributed by atoms with E-state index >= 15 is 0 Å². The van der Waals surface area contributed by atoms with Crippen molar-refractivity contribution in [1.29, 1.82) is 0 Å². The van der Waals surface area contributed by atoms with Gasteiger partial charge in [0.25, 0.3) is 0 Å². The van der Waals surface area contributed by atoms with E-state index in [-0.39, 0.29) is 33.5 Å². The molecular weight excluding hydrogens is 472 g/mol. The number of hydrogen-bond acceptors (Lipinski definition) is 10. The van der Waals surface area contributed by atoms with E-state index in [1.807, 2.05) is 0 Å². The lowest BCUT2D eigenvalue weighted by Gasteiger charge is -2.17.